The van der Waals surface area contributed by atoms with Crippen LogP contribution in [0.25, 0.3) is 6.08 Å². The van der Waals surface area contributed by atoms with E-state index in [9.17, 15) is 9.59 Å². The Kier molecular flexibility index (Phi) is 6.54. The second kappa shape index (κ2) is 9.27. The second-order valence-electron chi connectivity index (χ2n) is 6.78. The molecule has 0 aliphatic carbocycles. The molecule has 1 saturated heterocycles. The van der Waals surface area contributed by atoms with Gasteiger partial charge in [0, 0.05) is 33.6 Å². The first-order valence-electron chi connectivity index (χ1n) is 9.29. The van der Waals surface area contributed by atoms with Crippen LogP contribution < -0.4 is 5.32 Å². The molecular weight excluding hydrogens is 358 g/mol. The molecule has 8 heteroatoms. The van der Waals surface area contributed by atoms with Gasteiger partial charge in [0.25, 0.3) is 0 Å². The molecule has 2 heterocycles. The highest BCUT2D eigenvalue weighted by molar-refractivity contribution is 5.88. The molecule has 2 amide bonds. The van der Waals surface area contributed by atoms with Crippen LogP contribution in [0.1, 0.15) is 23.8 Å². The van der Waals surface area contributed by atoms with Gasteiger partial charge < -0.3 is 14.6 Å². The van der Waals surface area contributed by atoms with Crippen LogP contribution in [0.15, 0.2) is 40.8 Å². The van der Waals surface area contributed by atoms with Crippen molar-refractivity contribution < 1.29 is 14.0 Å². The van der Waals surface area contributed by atoms with Gasteiger partial charge in [0.2, 0.25) is 23.6 Å². The van der Waals surface area contributed by atoms with Crippen LogP contribution in [0.4, 0.5) is 0 Å². The van der Waals surface area contributed by atoms with Crippen LogP contribution in [0.2, 0.25) is 0 Å². The molecule has 1 N–H and O–H groups in total. The number of rotatable bonds is 7. The molecule has 0 saturated carbocycles. The fraction of sp³-hybridized carbons (Fsp3) is 0.400. The topological polar surface area (TPSA) is 91.6 Å². The molecule has 1 unspecified atom stereocenters. The molecule has 1 aromatic heterocycles. The number of piperazine rings is 1. The summed E-state index contributed by atoms with van der Waals surface area (Å²) in [5.74, 6) is 0.577. The molecule has 0 bridgehead atoms. The van der Waals surface area contributed by atoms with Crippen LogP contribution in [0.3, 0.4) is 0 Å². The first-order chi connectivity index (χ1) is 13.5. The second-order valence-corrected chi connectivity index (χ2v) is 6.78. The summed E-state index contributed by atoms with van der Waals surface area (Å²) >= 11 is 0. The molecule has 3 rings (SSSR count). The fourth-order valence-corrected chi connectivity index (χ4v) is 3.10. The summed E-state index contributed by atoms with van der Waals surface area (Å²) in [6.07, 6.45) is 4.15. The van der Waals surface area contributed by atoms with Gasteiger partial charge in [-0.3, -0.25) is 14.5 Å². The summed E-state index contributed by atoms with van der Waals surface area (Å²) in [7, 11) is 1.67. The number of carbonyl (C=O) groups excluding carboxylic acids is 2. The highest BCUT2D eigenvalue weighted by Gasteiger charge is 2.32. The van der Waals surface area contributed by atoms with Gasteiger partial charge in [0.1, 0.15) is 0 Å². The van der Waals surface area contributed by atoms with E-state index >= 15 is 0 Å². The zero-order chi connectivity index (χ0) is 19.9. The molecule has 8 nitrogen and oxygen atoms in total. The van der Waals surface area contributed by atoms with Gasteiger partial charge in [0.05, 0.1) is 19.0 Å². The van der Waals surface area contributed by atoms with Crippen molar-refractivity contribution in [2.75, 3.05) is 26.7 Å². The van der Waals surface area contributed by atoms with Crippen molar-refractivity contribution in [1.82, 2.24) is 25.3 Å². The number of aromatic nitrogens is 2. The first-order valence-corrected chi connectivity index (χ1v) is 9.29. The van der Waals surface area contributed by atoms with E-state index in [0.29, 0.717) is 31.4 Å². The Labute approximate surface area is 164 Å². The number of hydrogen-bond donors (Lipinski definition) is 1. The van der Waals surface area contributed by atoms with Gasteiger partial charge in [0.15, 0.2) is 0 Å². The quantitative estimate of drug-likeness (QED) is 0.774. The number of nitrogens with one attached hydrogen (secondary N) is 1. The number of nitrogens with zero attached hydrogens (tertiary/aromatic N) is 4. The normalized spacial score (nSPS) is 17.6. The fourth-order valence-electron chi connectivity index (χ4n) is 3.10. The van der Waals surface area contributed by atoms with Gasteiger partial charge in [-0.05, 0) is 5.56 Å². The van der Waals surface area contributed by atoms with E-state index in [-0.39, 0.29) is 24.8 Å². The monoisotopic (exact) mass is 383 g/mol. The number of aryl methyl sites for hydroxylation is 1. The number of amides is 2. The minimum Gasteiger partial charge on any atom is -0.424 e. The van der Waals surface area contributed by atoms with Crippen molar-refractivity contribution in [2.24, 2.45) is 0 Å². The van der Waals surface area contributed by atoms with Gasteiger partial charge in [-0.1, -0.05) is 42.5 Å². The first kappa shape index (κ1) is 19.8. The maximum atomic E-state index is 12.6. The molecule has 1 aliphatic rings. The summed E-state index contributed by atoms with van der Waals surface area (Å²) in [5.41, 5.74) is 1.10. The molecule has 0 spiro atoms. The Morgan fingerprint density at radius 1 is 1.36 bits per heavy atom. The Bertz CT molecular complexity index is 833. The average Bonchev–Trinajstić information content (AvgIpc) is 3.09. The van der Waals surface area contributed by atoms with E-state index in [2.05, 4.69) is 15.5 Å². The standard InChI is InChI=1S/C20H25N5O3/c1-15-22-23-18(28-15)14-24(2)19(26)13-17-20(27)21-10-12-25(17)11-6-9-16-7-4-3-5-8-16/h3-9,17H,10-14H2,1-2H3,(H,21,27)/b9-6+. The lowest BCUT2D eigenvalue weighted by atomic mass is 10.1. The van der Waals surface area contributed by atoms with Crippen molar-refractivity contribution in [1.29, 1.82) is 0 Å². The SMILES string of the molecule is Cc1nnc(CN(C)C(=O)CC2C(=O)NCCN2C/C=C/c2ccccc2)o1. The molecule has 0 radical (unpaired) electrons. The zero-order valence-electron chi connectivity index (χ0n) is 16.2. The van der Waals surface area contributed by atoms with Crippen LogP contribution in [0, 0.1) is 6.92 Å². The van der Waals surface area contributed by atoms with Crippen molar-refractivity contribution in [3.05, 3.63) is 53.8 Å². The van der Waals surface area contributed by atoms with E-state index < -0.39 is 6.04 Å². The molecule has 1 aromatic carbocycles. The predicted octanol–water partition coefficient (Wildman–Crippen LogP) is 1.24. The Balaban J connectivity index is 1.59. The van der Waals surface area contributed by atoms with Crippen LogP contribution >= 0.6 is 0 Å². The smallest absolute Gasteiger partial charge is 0.237 e. The number of carbonyl (C=O) groups is 2. The number of hydrogen-bond acceptors (Lipinski definition) is 6. The maximum Gasteiger partial charge on any atom is 0.237 e. The van der Waals surface area contributed by atoms with Crippen molar-refractivity contribution in [3.63, 3.8) is 0 Å². The van der Waals surface area contributed by atoms with Crippen molar-refractivity contribution >= 4 is 17.9 Å². The van der Waals surface area contributed by atoms with Crippen LogP contribution in [0.5, 0.6) is 0 Å². The third kappa shape index (κ3) is 5.26. The predicted molar refractivity (Wildman–Crippen MR) is 104 cm³/mol. The molecule has 148 valence electrons. The highest BCUT2D eigenvalue weighted by atomic mass is 16.4. The van der Waals surface area contributed by atoms with E-state index in [4.69, 9.17) is 4.42 Å². The molecule has 1 aliphatic heterocycles. The van der Waals surface area contributed by atoms with Crippen LogP contribution in [-0.4, -0.2) is 64.5 Å². The molecule has 28 heavy (non-hydrogen) atoms. The third-order valence-corrected chi connectivity index (χ3v) is 4.63. The summed E-state index contributed by atoms with van der Waals surface area (Å²) in [6, 6.07) is 9.49. The van der Waals surface area contributed by atoms with Gasteiger partial charge >= 0.3 is 0 Å². The van der Waals surface area contributed by atoms with E-state index in [1.165, 1.54) is 4.90 Å². The van der Waals surface area contributed by atoms with Gasteiger partial charge in [-0.2, -0.15) is 0 Å². The van der Waals surface area contributed by atoms with E-state index in [1.807, 2.05) is 47.4 Å². The summed E-state index contributed by atoms with van der Waals surface area (Å²) in [6.45, 7) is 3.81. The Morgan fingerprint density at radius 3 is 2.86 bits per heavy atom. The van der Waals surface area contributed by atoms with Gasteiger partial charge in [-0.25, -0.2) is 0 Å². The molecule has 2 aromatic rings. The number of benzene rings is 1. The van der Waals surface area contributed by atoms with Crippen molar-refractivity contribution in [3.8, 4) is 0 Å². The van der Waals surface area contributed by atoms with Crippen molar-refractivity contribution in [2.45, 2.75) is 25.9 Å². The minimum absolute atomic E-state index is 0.106. The lowest BCUT2D eigenvalue weighted by Crippen LogP contribution is -2.56. The summed E-state index contributed by atoms with van der Waals surface area (Å²) < 4.78 is 5.32. The maximum absolute atomic E-state index is 12.6. The Hall–Kier alpha value is -3.00. The van der Waals surface area contributed by atoms with E-state index in [1.54, 1.807) is 14.0 Å². The van der Waals surface area contributed by atoms with Gasteiger partial charge in [-0.15, -0.1) is 10.2 Å². The zero-order valence-corrected chi connectivity index (χ0v) is 16.2. The molecular formula is C20H25N5O3. The Morgan fingerprint density at radius 2 is 2.14 bits per heavy atom. The summed E-state index contributed by atoms with van der Waals surface area (Å²) in [5, 5.41) is 10.5. The molecule has 1 atom stereocenters. The lowest BCUT2D eigenvalue weighted by Gasteiger charge is -2.34. The largest absolute Gasteiger partial charge is 0.424 e. The van der Waals surface area contributed by atoms with E-state index in [0.717, 1.165) is 5.56 Å². The third-order valence-electron chi connectivity index (χ3n) is 4.63. The lowest BCUT2D eigenvalue weighted by molar-refractivity contribution is -0.138. The summed E-state index contributed by atoms with van der Waals surface area (Å²) in [4.78, 5) is 28.5. The molecule has 1 fully saturated rings. The van der Waals surface area contributed by atoms with Crippen LogP contribution in [-0.2, 0) is 16.1 Å². The minimum atomic E-state index is -0.492. The average molecular weight is 383 g/mol. The highest BCUT2D eigenvalue weighted by Crippen LogP contribution is 2.12.